The summed E-state index contributed by atoms with van der Waals surface area (Å²) < 4.78 is 34.0. The minimum absolute atomic E-state index is 0.0542. The Morgan fingerprint density at radius 1 is 0.750 bits per heavy atom. The van der Waals surface area contributed by atoms with Crippen LogP contribution in [0.3, 0.4) is 0 Å². The van der Waals surface area contributed by atoms with Crippen LogP contribution in [-0.2, 0) is 46.8 Å². The highest BCUT2D eigenvalue weighted by Gasteiger charge is 2.45. The average molecular weight is 831 g/mol. The molecule has 2 saturated carbocycles. The van der Waals surface area contributed by atoms with Crippen LogP contribution in [0.15, 0.2) is 58.1 Å². The van der Waals surface area contributed by atoms with E-state index in [1.54, 1.807) is 19.1 Å². The molecule has 7 N–H and O–H groups in total. The monoisotopic (exact) mass is 830 g/mol. The molecule has 2 fully saturated rings. The zero-order valence-corrected chi connectivity index (χ0v) is 33.1. The molecule has 2 amide bonds. The predicted octanol–water partition coefficient (Wildman–Crippen LogP) is 2.95. The van der Waals surface area contributed by atoms with E-state index in [4.69, 9.17) is 10.5 Å². The number of esters is 1. The molecule has 0 unspecified atom stereocenters. The van der Waals surface area contributed by atoms with E-state index in [2.05, 4.69) is 25.9 Å². The minimum atomic E-state index is -0.779. The first-order valence-electron chi connectivity index (χ1n) is 20.1. The quantitative estimate of drug-likeness (QED) is 0.127. The fraction of sp³-hybridized carbons (Fsp3) is 0.452. The Labute approximate surface area is 343 Å². The third-order valence-electron chi connectivity index (χ3n) is 12.0. The lowest BCUT2D eigenvalue weighted by molar-refractivity contribution is -0.142. The Balaban J connectivity index is 0.000000185. The standard InChI is InChI=1S/C23H27FN4O5.C19H21FN4O3/c1-2-33-17(29)12-26-23-9-7-15(8-10-23)13-28-21(32)19(30)18(27-22(23)28)20(31)25-11-14-3-5-16(24)6-4-14;20-13-3-1-11(2-4-13)9-22-16(26)14-15(25)17(27)24-10-12-5-7-19(21,8-6-12)18(24)23-14/h3-6,15,26,30H,2,7-13H2,1H3,(H,25,31);1-4,12,25H,5-10,21H2,(H,22,26). The second-order valence-electron chi connectivity index (χ2n) is 16.0. The van der Waals surface area contributed by atoms with Gasteiger partial charge in [0.1, 0.15) is 23.3 Å². The van der Waals surface area contributed by atoms with Gasteiger partial charge < -0.3 is 31.3 Å². The predicted molar refractivity (Wildman–Crippen MR) is 212 cm³/mol. The van der Waals surface area contributed by atoms with Crippen molar-refractivity contribution in [2.24, 2.45) is 17.6 Å². The highest BCUT2D eigenvalue weighted by Crippen LogP contribution is 2.43. The molecule has 10 rings (SSSR count). The first kappa shape index (κ1) is 42.1. The van der Waals surface area contributed by atoms with E-state index in [-0.39, 0.29) is 49.4 Å². The molecule has 16 nitrogen and oxygen atoms in total. The second kappa shape index (κ2) is 17.3. The normalized spacial score (nSPS) is 22.3. The van der Waals surface area contributed by atoms with Gasteiger partial charge in [-0.05, 0) is 106 Å². The summed E-state index contributed by atoms with van der Waals surface area (Å²) in [5, 5.41) is 29.3. The Kier molecular flexibility index (Phi) is 12.1. The fourth-order valence-electron chi connectivity index (χ4n) is 8.63. The van der Waals surface area contributed by atoms with Crippen LogP contribution in [0, 0.1) is 23.5 Å². The first-order valence-corrected chi connectivity index (χ1v) is 20.1. The lowest BCUT2D eigenvalue weighted by atomic mass is 9.77. The van der Waals surface area contributed by atoms with E-state index >= 15 is 0 Å². The van der Waals surface area contributed by atoms with E-state index < -0.39 is 57.3 Å². The topological polar surface area (TPSA) is 233 Å². The van der Waals surface area contributed by atoms with Gasteiger partial charge in [-0.2, -0.15) is 0 Å². The van der Waals surface area contributed by atoms with Crippen molar-refractivity contribution in [2.75, 3.05) is 13.2 Å². The van der Waals surface area contributed by atoms with Crippen molar-refractivity contribution in [3.8, 4) is 11.5 Å². The molecule has 0 atom stereocenters. The van der Waals surface area contributed by atoms with Gasteiger partial charge in [-0.3, -0.25) is 38.4 Å². The molecular weight excluding hydrogens is 783 g/mol. The van der Waals surface area contributed by atoms with E-state index in [1.165, 1.54) is 45.5 Å². The van der Waals surface area contributed by atoms with Gasteiger partial charge in [0.05, 0.1) is 24.2 Å². The second-order valence-corrected chi connectivity index (χ2v) is 16.0. The van der Waals surface area contributed by atoms with Gasteiger partial charge in [-0.25, -0.2) is 18.7 Å². The molecule has 6 heterocycles. The van der Waals surface area contributed by atoms with Crippen LogP contribution in [0.5, 0.6) is 11.5 Å². The van der Waals surface area contributed by atoms with Gasteiger partial charge >= 0.3 is 5.97 Å². The number of rotatable bonds is 10. The minimum Gasteiger partial charge on any atom is -0.501 e. The van der Waals surface area contributed by atoms with Gasteiger partial charge in [0.25, 0.3) is 22.9 Å². The number of hydrogen-bond acceptors (Lipinski definition) is 12. The summed E-state index contributed by atoms with van der Waals surface area (Å²) in [5.41, 5.74) is 4.32. The Morgan fingerprint density at radius 2 is 1.18 bits per heavy atom. The van der Waals surface area contributed by atoms with Crippen molar-refractivity contribution in [1.29, 1.82) is 0 Å². The lowest BCUT2D eigenvalue weighted by Crippen LogP contribution is -2.49. The number of nitrogens with zero attached hydrogens (tertiary/aromatic N) is 4. The van der Waals surface area contributed by atoms with Crippen LogP contribution < -0.4 is 32.8 Å². The number of nitrogens with one attached hydrogen (secondary N) is 3. The zero-order chi connectivity index (χ0) is 42.8. The molecule has 0 spiro atoms. The largest absolute Gasteiger partial charge is 0.501 e. The number of nitrogens with two attached hydrogens (primary N) is 1. The number of aromatic hydroxyl groups is 2. The van der Waals surface area contributed by atoms with Crippen molar-refractivity contribution in [1.82, 2.24) is 35.1 Å². The maximum absolute atomic E-state index is 13.1. The molecular formula is C42H48F2N8O8. The number of carbonyl (C=O) groups is 3. The SMILES string of the molecule is CCOC(=O)CNC12CCC(CC1)Cn1c2nc(C(=O)NCc2ccc(F)cc2)c(O)c1=O.NC12CCC(CC1)Cn1c2nc(C(=O)NCc2ccc(F)cc2)c(O)c1=O. The van der Waals surface area contributed by atoms with Gasteiger partial charge in [0, 0.05) is 26.2 Å². The molecule has 318 valence electrons. The molecule has 18 heteroatoms. The fourth-order valence-corrected chi connectivity index (χ4v) is 8.63. The van der Waals surface area contributed by atoms with Crippen LogP contribution >= 0.6 is 0 Å². The highest BCUT2D eigenvalue weighted by molar-refractivity contribution is 5.95. The van der Waals surface area contributed by atoms with Gasteiger partial charge in [-0.1, -0.05) is 24.3 Å². The molecule has 4 aromatic rings. The van der Waals surface area contributed by atoms with Crippen LogP contribution in [0.4, 0.5) is 8.78 Å². The summed E-state index contributed by atoms with van der Waals surface area (Å²) in [7, 11) is 0. The summed E-state index contributed by atoms with van der Waals surface area (Å²) in [6.45, 7) is 2.99. The lowest BCUT2D eigenvalue weighted by Gasteiger charge is -2.37. The molecule has 2 aromatic carbocycles. The molecule has 4 aliphatic heterocycles. The maximum Gasteiger partial charge on any atom is 0.319 e. The third-order valence-corrected chi connectivity index (χ3v) is 12.0. The number of benzene rings is 2. The maximum atomic E-state index is 13.1. The van der Waals surface area contributed by atoms with Gasteiger partial charge in [0.2, 0.25) is 11.5 Å². The number of halogens is 2. The van der Waals surface area contributed by atoms with E-state index in [0.717, 1.165) is 25.7 Å². The Hall–Kier alpha value is -6.01. The number of ether oxygens (including phenoxy) is 1. The van der Waals surface area contributed by atoms with Crippen molar-refractivity contribution in [3.63, 3.8) is 0 Å². The Morgan fingerprint density at radius 3 is 1.65 bits per heavy atom. The van der Waals surface area contributed by atoms with Gasteiger partial charge in [-0.15, -0.1) is 0 Å². The average Bonchev–Trinajstić information content (AvgIpc) is 3.63. The van der Waals surface area contributed by atoms with Crippen molar-refractivity contribution < 1.29 is 38.1 Å². The number of hydrogen-bond donors (Lipinski definition) is 6. The summed E-state index contributed by atoms with van der Waals surface area (Å²) in [4.78, 5) is 71.9. The smallest absolute Gasteiger partial charge is 0.319 e. The summed E-state index contributed by atoms with van der Waals surface area (Å²) in [6.07, 6.45) is 6.13. The summed E-state index contributed by atoms with van der Waals surface area (Å²) in [5.74, 6) is -2.62. The van der Waals surface area contributed by atoms with E-state index in [0.29, 0.717) is 67.5 Å². The molecule has 0 saturated heterocycles. The van der Waals surface area contributed by atoms with Crippen molar-refractivity contribution in [2.45, 2.75) is 95.5 Å². The molecule has 2 aromatic heterocycles. The summed E-state index contributed by atoms with van der Waals surface area (Å²) in [6, 6.07) is 11.3. The van der Waals surface area contributed by atoms with Crippen LogP contribution in [0.1, 0.15) is 102 Å². The molecule has 0 radical (unpaired) electrons. The molecule has 2 aliphatic carbocycles. The number of aromatic nitrogens is 4. The van der Waals surface area contributed by atoms with Crippen LogP contribution in [0.2, 0.25) is 0 Å². The van der Waals surface area contributed by atoms with Crippen molar-refractivity contribution in [3.05, 3.63) is 115 Å². The first-order chi connectivity index (χ1) is 28.7. The number of fused-ring (bicyclic) bond motifs is 4. The highest BCUT2D eigenvalue weighted by atomic mass is 19.1. The van der Waals surface area contributed by atoms with Crippen LogP contribution in [-0.4, -0.2) is 60.3 Å². The molecule has 4 bridgehead atoms. The van der Waals surface area contributed by atoms with Crippen molar-refractivity contribution >= 4 is 17.8 Å². The van der Waals surface area contributed by atoms with E-state index in [1.807, 2.05) is 0 Å². The molecule has 60 heavy (non-hydrogen) atoms. The Bertz CT molecular complexity index is 2390. The number of carbonyl (C=O) groups excluding carboxylic acids is 3. The number of amides is 2. The van der Waals surface area contributed by atoms with Crippen LogP contribution in [0.25, 0.3) is 0 Å². The molecule has 6 aliphatic rings. The van der Waals surface area contributed by atoms with Gasteiger partial charge in [0.15, 0.2) is 11.4 Å². The van der Waals surface area contributed by atoms with E-state index in [9.17, 15) is 43.0 Å². The third kappa shape index (κ3) is 8.65. The zero-order valence-electron chi connectivity index (χ0n) is 33.1. The summed E-state index contributed by atoms with van der Waals surface area (Å²) >= 11 is 0.